The van der Waals surface area contributed by atoms with E-state index in [0.29, 0.717) is 16.7 Å². The first kappa shape index (κ1) is 12.0. The maximum atomic E-state index is 11.9. The summed E-state index contributed by atoms with van der Waals surface area (Å²) >= 11 is 1.32. The lowest BCUT2D eigenvalue weighted by Gasteiger charge is -2.02. The van der Waals surface area contributed by atoms with Crippen LogP contribution in [-0.4, -0.2) is 21.5 Å². The molecular formula is C10H16N2O2S2. The summed E-state index contributed by atoms with van der Waals surface area (Å²) in [6.07, 6.45) is 0.952. The highest BCUT2D eigenvalue weighted by molar-refractivity contribution is 7.91. The molecule has 0 aromatic carbocycles. The number of nitrogens with one attached hydrogen (secondary N) is 2. The van der Waals surface area contributed by atoms with E-state index >= 15 is 0 Å². The average Bonchev–Trinajstić information content (AvgIpc) is 2.71. The van der Waals surface area contributed by atoms with Crippen LogP contribution >= 0.6 is 11.3 Å². The first-order valence-electron chi connectivity index (χ1n) is 5.28. The molecule has 0 saturated heterocycles. The Morgan fingerprint density at radius 2 is 2.19 bits per heavy atom. The van der Waals surface area contributed by atoms with E-state index in [4.69, 9.17) is 0 Å². The zero-order valence-electron chi connectivity index (χ0n) is 9.36. The summed E-state index contributed by atoms with van der Waals surface area (Å²) in [5.41, 5.74) is 0. The minimum absolute atomic E-state index is 0.139. The lowest BCUT2D eigenvalue weighted by molar-refractivity contribution is 0.580. The zero-order valence-corrected chi connectivity index (χ0v) is 11.0. The van der Waals surface area contributed by atoms with Gasteiger partial charge in [0.25, 0.3) is 0 Å². The monoisotopic (exact) mass is 260 g/mol. The Balaban J connectivity index is 2.09. The number of sulfonamides is 1. The highest BCUT2D eigenvalue weighted by Gasteiger charge is 2.36. The van der Waals surface area contributed by atoms with Crippen molar-refractivity contribution in [3.63, 3.8) is 0 Å². The molecule has 1 aromatic heterocycles. The van der Waals surface area contributed by atoms with Gasteiger partial charge in [-0.05, 0) is 31.5 Å². The second-order valence-corrected chi connectivity index (χ2v) is 7.30. The molecule has 0 bridgehead atoms. The summed E-state index contributed by atoms with van der Waals surface area (Å²) in [7, 11) is -1.44. The van der Waals surface area contributed by atoms with Gasteiger partial charge in [0, 0.05) is 17.5 Å². The van der Waals surface area contributed by atoms with Gasteiger partial charge >= 0.3 is 0 Å². The fourth-order valence-electron chi connectivity index (χ4n) is 1.52. The van der Waals surface area contributed by atoms with Crippen molar-refractivity contribution in [3.05, 3.63) is 17.0 Å². The van der Waals surface area contributed by atoms with Crippen LogP contribution in [0.2, 0.25) is 0 Å². The molecule has 1 saturated carbocycles. The number of thiophene rings is 1. The van der Waals surface area contributed by atoms with Crippen LogP contribution in [-0.2, 0) is 16.6 Å². The van der Waals surface area contributed by atoms with Gasteiger partial charge in [0.1, 0.15) is 4.21 Å². The summed E-state index contributed by atoms with van der Waals surface area (Å²) in [6, 6.07) is 3.67. The molecule has 6 heteroatoms. The molecular weight excluding hydrogens is 244 g/mol. The van der Waals surface area contributed by atoms with E-state index < -0.39 is 10.0 Å². The van der Waals surface area contributed by atoms with Crippen LogP contribution in [0.3, 0.4) is 0 Å². The molecule has 0 radical (unpaired) electrons. The quantitative estimate of drug-likeness (QED) is 0.835. The summed E-state index contributed by atoms with van der Waals surface area (Å²) in [5, 5.41) is 3.00. The van der Waals surface area contributed by atoms with Crippen molar-refractivity contribution in [2.75, 3.05) is 7.05 Å². The molecule has 1 aliphatic carbocycles. The maximum absolute atomic E-state index is 11.9. The summed E-state index contributed by atoms with van der Waals surface area (Å²) < 4.78 is 27.0. The van der Waals surface area contributed by atoms with Crippen LogP contribution in [0.1, 0.15) is 18.2 Å². The third-order valence-electron chi connectivity index (χ3n) is 2.67. The van der Waals surface area contributed by atoms with Gasteiger partial charge in [-0.1, -0.05) is 6.92 Å². The third-order valence-corrected chi connectivity index (χ3v) is 5.74. The molecule has 1 aliphatic rings. The minimum Gasteiger partial charge on any atom is -0.315 e. The lowest BCUT2D eigenvalue weighted by atomic mass is 10.5. The van der Waals surface area contributed by atoms with Crippen molar-refractivity contribution in [2.24, 2.45) is 5.92 Å². The van der Waals surface area contributed by atoms with E-state index in [1.165, 1.54) is 11.3 Å². The van der Waals surface area contributed by atoms with Crippen molar-refractivity contribution in [2.45, 2.75) is 30.1 Å². The Morgan fingerprint density at radius 1 is 1.50 bits per heavy atom. The summed E-state index contributed by atoms with van der Waals surface area (Å²) in [4.78, 5) is 1.03. The normalized spacial score (nSPS) is 24.6. The Bertz CT molecular complexity index is 467. The largest absolute Gasteiger partial charge is 0.315 e. The predicted octanol–water partition coefficient (Wildman–Crippen LogP) is 1.15. The van der Waals surface area contributed by atoms with E-state index in [9.17, 15) is 8.42 Å². The Morgan fingerprint density at radius 3 is 2.75 bits per heavy atom. The molecule has 16 heavy (non-hydrogen) atoms. The second kappa shape index (κ2) is 4.44. The van der Waals surface area contributed by atoms with Crippen LogP contribution in [0, 0.1) is 5.92 Å². The van der Waals surface area contributed by atoms with Crippen LogP contribution in [0.25, 0.3) is 0 Å². The van der Waals surface area contributed by atoms with Gasteiger partial charge in [-0.3, -0.25) is 0 Å². The van der Waals surface area contributed by atoms with Crippen LogP contribution in [0.15, 0.2) is 16.3 Å². The highest BCUT2D eigenvalue weighted by atomic mass is 32.2. The van der Waals surface area contributed by atoms with E-state index in [0.717, 1.165) is 11.3 Å². The van der Waals surface area contributed by atoms with Gasteiger partial charge in [0.2, 0.25) is 10.0 Å². The third kappa shape index (κ3) is 2.63. The first-order chi connectivity index (χ1) is 7.53. The second-order valence-electron chi connectivity index (χ2n) is 4.19. The van der Waals surface area contributed by atoms with Gasteiger partial charge < -0.3 is 5.32 Å². The smallest absolute Gasteiger partial charge is 0.250 e. The molecule has 2 unspecified atom stereocenters. The number of rotatable bonds is 5. The fourth-order valence-corrected chi connectivity index (χ4v) is 4.26. The van der Waals surface area contributed by atoms with Crippen molar-refractivity contribution < 1.29 is 8.42 Å². The number of hydrogen-bond acceptors (Lipinski definition) is 4. The molecule has 0 amide bonds. The Kier molecular flexibility index (Phi) is 3.34. The van der Waals surface area contributed by atoms with E-state index in [-0.39, 0.29) is 6.04 Å². The van der Waals surface area contributed by atoms with Gasteiger partial charge in [0.05, 0.1) is 0 Å². The van der Waals surface area contributed by atoms with Gasteiger partial charge in [-0.15, -0.1) is 11.3 Å². The van der Waals surface area contributed by atoms with Crippen molar-refractivity contribution >= 4 is 21.4 Å². The molecule has 90 valence electrons. The fraction of sp³-hybridized carbons (Fsp3) is 0.600. The van der Waals surface area contributed by atoms with E-state index in [1.54, 1.807) is 6.07 Å². The van der Waals surface area contributed by atoms with Gasteiger partial charge in [0.15, 0.2) is 0 Å². The molecule has 2 atom stereocenters. The molecule has 2 rings (SSSR count). The number of hydrogen-bond donors (Lipinski definition) is 2. The van der Waals surface area contributed by atoms with Crippen molar-refractivity contribution in [1.82, 2.24) is 10.0 Å². The van der Waals surface area contributed by atoms with Gasteiger partial charge in [-0.25, -0.2) is 13.1 Å². The maximum Gasteiger partial charge on any atom is 0.250 e. The van der Waals surface area contributed by atoms with Crippen LogP contribution in [0.4, 0.5) is 0 Å². The SMILES string of the molecule is CNCc1ccc(S(=O)(=O)NC2CC2C)s1. The molecule has 0 spiro atoms. The molecule has 4 nitrogen and oxygen atoms in total. The Labute approximate surface area is 100 Å². The molecule has 1 aromatic rings. The highest BCUT2D eigenvalue weighted by Crippen LogP contribution is 2.31. The molecule has 2 N–H and O–H groups in total. The van der Waals surface area contributed by atoms with Gasteiger partial charge in [-0.2, -0.15) is 0 Å². The topological polar surface area (TPSA) is 58.2 Å². The zero-order chi connectivity index (χ0) is 11.8. The van der Waals surface area contributed by atoms with E-state index in [1.807, 2.05) is 20.0 Å². The molecule has 1 fully saturated rings. The van der Waals surface area contributed by atoms with E-state index in [2.05, 4.69) is 10.0 Å². The predicted molar refractivity (Wildman–Crippen MR) is 65.0 cm³/mol. The summed E-state index contributed by atoms with van der Waals surface area (Å²) in [6.45, 7) is 2.76. The van der Waals surface area contributed by atoms with Crippen molar-refractivity contribution in [3.8, 4) is 0 Å². The molecule has 1 heterocycles. The van der Waals surface area contributed by atoms with Crippen molar-refractivity contribution in [1.29, 1.82) is 0 Å². The first-order valence-corrected chi connectivity index (χ1v) is 7.58. The molecule has 0 aliphatic heterocycles. The summed E-state index contributed by atoms with van der Waals surface area (Å²) in [5.74, 6) is 0.478. The average molecular weight is 260 g/mol. The Hall–Kier alpha value is -0.430. The minimum atomic E-state index is -3.29. The van der Waals surface area contributed by atoms with Crippen LogP contribution in [0.5, 0.6) is 0 Å². The van der Waals surface area contributed by atoms with Crippen LogP contribution < -0.4 is 10.0 Å². The lowest BCUT2D eigenvalue weighted by Crippen LogP contribution is -2.26. The standard InChI is InChI=1S/C10H16N2O2S2/c1-7-5-9(7)12-16(13,14)10-4-3-8(15-10)6-11-2/h3-4,7,9,11-12H,5-6H2,1-2H3.